The Morgan fingerprint density at radius 2 is 2.17 bits per heavy atom. The summed E-state index contributed by atoms with van der Waals surface area (Å²) in [6.45, 7) is 0.558. The number of carbonyl (C=O) groups excluding carboxylic acids is 1. The minimum atomic E-state index is -0.0969. The number of aromatic nitrogens is 3. The zero-order valence-electron chi connectivity index (χ0n) is 12.7. The zero-order chi connectivity index (χ0) is 16.4. The van der Waals surface area contributed by atoms with Crippen molar-refractivity contribution in [3.8, 4) is 10.7 Å². The molecule has 0 unspecified atom stereocenters. The highest BCUT2D eigenvalue weighted by atomic mass is 32.1. The molecule has 120 valence electrons. The van der Waals surface area contributed by atoms with Crippen molar-refractivity contribution in [3.63, 3.8) is 0 Å². The molecule has 4 aromatic rings. The summed E-state index contributed by atoms with van der Waals surface area (Å²) in [7, 11) is 0. The first-order valence-electron chi connectivity index (χ1n) is 7.44. The number of carbonyl (C=O) groups is 1. The molecule has 1 N–H and O–H groups in total. The molecule has 0 atom stereocenters. The predicted molar refractivity (Wildman–Crippen MR) is 91.4 cm³/mol. The maximum absolute atomic E-state index is 12.4. The number of hydrogen-bond acceptors (Lipinski definition) is 5. The number of para-hydroxylation sites is 2. The molecule has 24 heavy (non-hydrogen) atoms. The molecule has 4 rings (SSSR count). The first-order valence-corrected chi connectivity index (χ1v) is 8.32. The first-order chi connectivity index (χ1) is 11.8. The van der Waals surface area contributed by atoms with Crippen LogP contribution in [0.4, 0.5) is 0 Å². The maximum Gasteiger partial charge on any atom is 0.240 e. The molecule has 3 heterocycles. The molecule has 3 aromatic heterocycles. The van der Waals surface area contributed by atoms with Crippen molar-refractivity contribution in [2.24, 2.45) is 0 Å². The first kappa shape index (κ1) is 14.6. The molecule has 0 aliphatic rings. The highest BCUT2D eigenvalue weighted by Crippen LogP contribution is 2.27. The second-order valence-electron chi connectivity index (χ2n) is 5.23. The summed E-state index contributed by atoms with van der Waals surface area (Å²) in [6.07, 6.45) is 3.36. The van der Waals surface area contributed by atoms with Crippen LogP contribution >= 0.6 is 11.3 Å². The summed E-state index contributed by atoms with van der Waals surface area (Å²) in [6, 6.07) is 11.4. The van der Waals surface area contributed by atoms with E-state index >= 15 is 0 Å². The number of furan rings is 1. The van der Waals surface area contributed by atoms with E-state index in [-0.39, 0.29) is 12.5 Å². The van der Waals surface area contributed by atoms with E-state index in [1.165, 1.54) is 11.3 Å². The van der Waals surface area contributed by atoms with E-state index in [2.05, 4.69) is 15.3 Å². The average Bonchev–Trinajstić information content (AvgIpc) is 3.34. The third-order valence-corrected chi connectivity index (χ3v) is 4.42. The second-order valence-corrected chi connectivity index (χ2v) is 6.12. The van der Waals surface area contributed by atoms with Gasteiger partial charge in [0.1, 0.15) is 12.3 Å². The Morgan fingerprint density at radius 1 is 1.25 bits per heavy atom. The Morgan fingerprint density at radius 3 is 2.96 bits per heavy atom. The minimum absolute atomic E-state index is 0.0969. The maximum atomic E-state index is 12.4. The molecule has 1 amide bonds. The van der Waals surface area contributed by atoms with Crippen LogP contribution in [0, 0.1) is 0 Å². The number of nitrogens with one attached hydrogen (secondary N) is 1. The minimum Gasteiger partial charge on any atom is -0.467 e. The molecule has 0 fully saturated rings. The Kier molecular flexibility index (Phi) is 3.84. The lowest BCUT2D eigenvalue weighted by molar-refractivity contribution is -0.121. The van der Waals surface area contributed by atoms with Crippen LogP contribution in [-0.4, -0.2) is 20.4 Å². The highest BCUT2D eigenvalue weighted by Gasteiger charge is 2.16. The molecule has 0 bridgehead atoms. The quantitative estimate of drug-likeness (QED) is 0.607. The van der Waals surface area contributed by atoms with Crippen molar-refractivity contribution >= 4 is 28.3 Å². The average molecular weight is 338 g/mol. The van der Waals surface area contributed by atoms with E-state index in [0.717, 1.165) is 27.5 Å². The predicted octanol–water partition coefficient (Wildman–Crippen LogP) is 3.07. The van der Waals surface area contributed by atoms with Crippen molar-refractivity contribution < 1.29 is 9.21 Å². The lowest BCUT2D eigenvalue weighted by atomic mass is 10.3. The third-order valence-electron chi connectivity index (χ3n) is 3.65. The van der Waals surface area contributed by atoms with E-state index in [0.29, 0.717) is 6.54 Å². The van der Waals surface area contributed by atoms with Gasteiger partial charge in [0, 0.05) is 6.20 Å². The van der Waals surface area contributed by atoms with Crippen LogP contribution in [0.15, 0.2) is 58.8 Å². The van der Waals surface area contributed by atoms with Gasteiger partial charge in [0.2, 0.25) is 5.91 Å². The number of hydrogen-bond donors (Lipinski definition) is 1. The van der Waals surface area contributed by atoms with Crippen LogP contribution in [0.1, 0.15) is 5.76 Å². The normalized spacial score (nSPS) is 11.0. The molecule has 0 spiro atoms. The van der Waals surface area contributed by atoms with Crippen LogP contribution in [0.25, 0.3) is 21.7 Å². The zero-order valence-corrected chi connectivity index (χ0v) is 13.5. The summed E-state index contributed by atoms with van der Waals surface area (Å²) < 4.78 is 7.15. The van der Waals surface area contributed by atoms with Gasteiger partial charge in [0.05, 0.1) is 34.2 Å². The number of amides is 1. The van der Waals surface area contributed by atoms with Gasteiger partial charge in [-0.05, 0) is 24.3 Å². The Bertz CT molecular complexity index is 958. The SMILES string of the molecule is O=C(Cn1c(-c2cncs2)nc2ccccc21)NCc1ccco1. The van der Waals surface area contributed by atoms with Crippen molar-refractivity contribution in [2.45, 2.75) is 13.1 Å². The van der Waals surface area contributed by atoms with Crippen LogP contribution in [0.2, 0.25) is 0 Å². The van der Waals surface area contributed by atoms with Crippen molar-refractivity contribution in [3.05, 3.63) is 60.1 Å². The van der Waals surface area contributed by atoms with E-state index in [1.807, 2.05) is 34.9 Å². The fourth-order valence-electron chi connectivity index (χ4n) is 2.55. The monoisotopic (exact) mass is 338 g/mol. The Hall–Kier alpha value is -2.93. The summed E-state index contributed by atoms with van der Waals surface area (Å²) in [5.41, 5.74) is 3.55. The van der Waals surface area contributed by atoms with Gasteiger partial charge in [-0.25, -0.2) is 4.98 Å². The van der Waals surface area contributed by atoms with Crippen LogP contribution in [0.3, 0.4) is 0 Å². The van der Waals surface area contributed by atoms with Gasteiger partial charge in [-0.1, -0.05) is 12.1 Å². The molecular weight excluding hydrogens is 324 g/mol. The fourth-order valence-corrected chi connectivity index (χ4v) is 3.17. The van der Waals surface area contributed by atoms with E-state index < -0.39 is 0 Å². The molecule has 0 aliphatic carbocycles. The summed E-state index contributed by atoms with van der Waals surface area (Å²) >= 11 is 1.50. The largest absolute Gasteiger partial charge is 0.467 e. The summed E-state index contributed by atoms with van der Waals surface area (Å²) in [5.74, 6) is 1.38. The van der Waals surface area contributed by atoms with Gasteiger partial charge in [0.25, 0.3) is 0 Å². The second kappa shape index (κ2) is 6.29. The molecule has 6 nitrogen and oxygen atoms in total. The smallest absolute Gasteiger partial charge is 0.240 e. The van der Waals surface area contributed by atoms with Gasteiger partial charge < -0.3 is 14.3 Å². The van der Waals surface area contributed by atoms with Crippen LogP contribution in [-0.2, 0) is 17.9 Å². The molecular formula is C17H14N4O2S. The molecule has 0 radical (unpaired) electrons. The van der Waals surface area contributed by atoms with Crippen LogP contribution in [0.5, 0.6) is 0 Å². The van der Waals surface area contributed by atoms with Crippen molar-refractivity contribution in [1.29, 1.82) is 0 Å². The van der Waals surface area contributed by atoms with Crippen LogP contribution < -0.4 is 5.32 Å². The molecule has 1 aromatic carbocycles. The molecule has 7 heteroatoms. The van der Waals surface area contributed by atoms with Gasteiger partial charge in [-0.2, -0.15) is 0 Å². The Labute approximate surface area is 141 Å². The van der Waals surface area contributed by atoms with Crippen molar-refractivity contribution in [1.82, 2.24) is 19.9 Å². The summed E-state index contributed by atoms with van der Waals surface area (Å²) in [5, 5.41) is 2.87. The third kappa shape index (κ3) is 2.81. The standard InChI is InChI=1S/C17H14N4O2S/c22-16(19-8-12-4-3-7-23-12)10-21-14-6-2-1-5-13(14)20-17(21)15-9-18-11-24-15/h1-7,9,11H,8,10H2,(H,19,22). The Balaban J connectivity index is 1.62. The van der Waals surface area contributed by atoms with Gasteiger partial charge in [-0.3, -0.25) is 9.78 Å². The van der Waals surface area contributed by atoms with E-state index in [9.17, 15) is 4.79 Å². The van der Waals surface area contributed by atoms with E-state index in [4.69, 9.17) is 4.42 Å². The van der Waals surface area contributed by atoms with Gasteiger partial charge in [-0.15, -0.1) is 11.3 Å². The number of thiazole rings is 1. The number of benzene rings is 1. The van der Waals surface area contributed by atoms with Gasteiger partial charge >= 0.3 is 0 Å². The lowest BCUT2D eigenvalue weighted by Crippen LogP contribution is -2.27. The van der Waals surface area contributed by atoms with Gasteiger partial charge in [0.15, 0.2) is 5.82 Å². The number of rotatable bonds is 5. The van der Waals surface area contributed by atoms with Crippen molar-refractivity contribution in [2.75, 3.05) is 0 Å². The molecule has 0 aliphatic heterocycles. The topological polar surface area (TPSA) is 73.0 Å². The lowest BCUT2D eigenvalue weighted by Gasteiger charge is -2.08. The fraction of sp³-hybridized carbons (Fsp3) is 0.118. The highest BCUT2D eigenvalue weighted by molar-refractivity contribution is 7.13. The molecule has 0 saturated heterocycles. The molecule has 0 saturated carbocycles. The summed E-state index contributed by atoms with van der Waals surface area (Å²) in [4.78, 5) is 22.1. The number of fused-ring (bicyclic) bond motifs is 1. The number of nitrogens with zero attached hydrogens (tertiary/aromatic N) is 3. The van der Waals surface area contributed by atoms with E-state index in [1.54, 1.807) is 24.0 Å². The number of imidazole rings is 1.